The molecular weight excluding hydrogens is 371 g/mol. The minimum atomic E-state index is -4.06. The largest absolute Gasteiger partial charge is 0.494 e. The van der Waals surface area contributed by atoms with Crippen molar-refractivity contribution in [1.29, 1.82) is 0 Å². The van der Waals surface area contributed by atoms with E-state index in [0.717, 1.165) is 31.4 Å². The molecule has 0 aliphatic carbocycles. The van der Waals surface area contributed by atoms with E-state index >= 15 is 0 Å². The third-order valence-electron chi connectivity index (χ3n) is 3.79. The fourth-order valence-corrected chi connectivity index (χ4v) is 3.17. The number of hydrazine groups is 1. The van der Waals surface area contributed by atoms with Gasteiger partial charge in [0.15, 0.2) is 0 Å². The Labute approximate surface area is 158 Å². The van der Waals surface area contributed by atoms with E-state index in [-0.39, 0.29) is 10.5 Å². The second-order valence-corrected chi connectivity index (χ2v) is 7.63. The maximum Gasteiger partial charge on any atom is 0.266 e. The van der Waals surface area contributed by atoms with E-state index in [2.05, 4.69) is 12.3 Å². The number of nitrogens with one attached hydrogen (secondary N) is 2. The van der Waals surface area contributed by atoms with Gasteiger partial charge in [0.05, 0.1) is 11.5 Å². The van der Waals surface area contributed by atoms with Crippen LogP contribution >= 0.6 is 0 Å². The van der Waals surface area contributed by atoms with Crippen LogP contribution in [0.2, 0.25) is 0 Å². The number of unbranched alkanes of at least 4 members (excludes halogenated alkanes) is 3. The van der Waals surface area contributed by atoms with E-state index < -0.39 is 21.7 Å². The number of hydrogen-bond donors (Lipinski definition) is 2. The highest BCUT2D eigenvalue weighted by atomic mass is 32.2. The molecule has 0 fully saturated rings. The van der Waals surface area contributed by atoms with Gasteiger partial charge in [0.25, 0.3) is 15.9 Å². The number of halogens is 1. The lowest BCUT2D eigenvalue weighted by atomic mass is 10.2. The number of ether oxygens (including phenoxy) is 1. The molecule has 0 aliphatic heterocycles. The Balaban J connectivity index is 1.87. The van der Waals surface area contributed by atoms with Crippen LogP contribution in [0.3, 0.4) is 0 Å². The zero-order valence-corrected chi connectivity index (χ0v) is 15.9. The van der Waals surface area contributed by atoms with Gasteiger partial charge >= 0.3 is 0 Å². The third-order valence-corrected chi connectivity index (χ3v) is 5.03. The van der Waals surface area contributed by atoms with Gasteiger partial charge in [0.1, 0.15) is 11.6 Å². The molecule has 2 N–H and O–H groups in total. The molecule has 0 heterocycles. The molecule has 0 spiro atoms. The molecule has 0 saturated carbocycles. The first-order valence-corrected chi connectivity index (χ1v) is 10.2. The number of hydrogen-bond acceptors (Lipinski definition) is 4. The maximum atomic E-state index is 13.2. The molecule has 0 aliphatic rings. The van der Waals surface area contributed by atoms with Crippen molar-refractivity contribution >= 4 is 15.9 Å². The van der Waals surface area contributed by atoms with Gasteiger partial charge in [-0.1, -0.05) is 32.3 Å². The molecule has 146 valence electrons. The maximum absolute atomic E-state index is 13.2. The predicted molar refractivity (Wildman–Crippen MR) is 100 cm³/mol. The number of benzene rings is 2. The summed E-state index contributed by atoms with van der Waals surface area (Å²) in [6.07, 6.45) is 4.42. The van der Waals surface area contributed by atoms with Crippen LogP contribution in [0.25, 0.3) is 0 Å². The average Bonchev–Trinajstić information content (AvgIpc) is 2.66. The zero-order chi connectivity index (χ0) is 19.7. The smallest absolute Gasteiger partial charge is 0.266 e. The van der Waals surface area contributed by atoms with E-state index in [1.165, 1.54) is 30.7 Å². The second kappa shape index (κ2) is 10.0. The zero-order valence-electron chi connectivity index (χ0n) is 15.1. The summed E-state index contributed by atoms with van der Waals surface area (Å²) < 4.78 is 42.9. The first-order valence-electron chi connectivity index (χ1n) is 8.73. The Morgan fingerprint density at radius 2 is 1.81 bits per heavy atom. The first kappa shape index (κ1) is 20.9. The van der Waals surface area contributed by atoms with Crippen molar-refractivity contribution in [3.05, 3.63) is 59.9 Å². The molecule has 0 bridgehead atoms. The lowest BCUT2D eigenvalue weighted by molar-refractivity contribution is 0.0945. The van der Waals surface area contributed by atoms with E-state index in [1.54, 1.807) is 12.1 Å². The number of carbonyl (C=O) groups excluding carboxylic acids is 1. The Bertz CT molecular complexity index is 854. The molecule has 2 rings (SSSR count). The number of rotatable bonds is 10. The number of amides is 1. The molecular formula is C19H23FN2O4S. The van der Waals surface area contributed by atoms with Gasteiger partial charge in [-0.3, -0.25) is 10.2 Å². The molecule has 0 aromatic heterocycles. The predicted octanol–water partition coefficient (Wildman–Crippen LogP) is 3.41. The monoisotopic (exact) mass is 394 g/mol. The SMILES string of the molecule is CCCCCCOc1ccc(C(=O)NNS(=O)(=O)c2cccc(F)c2)cc1. The van der Waals surface area contributed by atoms with E-state index in [4.69, 9.17) is 4.74 Å². The summed E-state index contributed by atoms with van der Waals surface area (Å²) >= 11 is 0. The molecule has 8 heteroatoms. The highest BCUT2D eigenvalue weighted by Crippen LogP contribution is 2.13. The van der Waals surface area contributed by atoms with E-state index in [9.17, 15) is 17.6 Å². The molecule has 0 unspecified atom stereocenters. The highest BCUT2D eigenvalue weighted by Gasteiger charge is 2.16. The van der Waals surface area contributed by atoms with Crippen LogP contribution in [-0.2, 0) is 10.0 Å². The van der Waals surface area contributed by atoms with E-state index in [0.29, 0.717) is 12.4 Å². The summed E-state index contributed by atoms with van der Waals surface area (Å²) in [5.41, 5.74) is 2.36. The molecule has 27 heavy (non-hydrogen) atoms. The molecule has 2 aromatic carbocycles. The summed E-state index contributed by atoms with van der Waals surface area (Å²) in [5.74, 6) is -0.678. The second-order valence-electron chi connectivity index (χ2n) is 5.95. The highest BCUT2D eigenvalue weighted by molar-refractivity contribution is 7.89. The standard InChI is InChI=1S/C19H23FN2O4S/c1-2-3-4-5-13-26-17-11-9-15(10-12-17)19(23)21-22-27(24,25)18-8-6-7-16(20)14-18/h6-12,14,22H,2-5,13H2,1H3,(H,21,23). The number of sulfonamides is 1. The minimum absolute atomic E-state index is 0.260. The van der Waals surface area contributed by atoms with Gasteiger partial charge in [-0.25, -0.2) is 12.8 Å². The van der Waals surface area contributed by atoms with Crippen molar-refractivity contribution < 1.29 is 22.3 Å². The van der Waals surface area contributed by atoms with Crippen LogP contribution in [0.5, 0.6) is 5.75 Å². The van der Waals surface area contributed by atoms with Gasteiger partial charge < -0.3 is 4.74 Å². The first-order chi connectivity index (χ1) is 12.9. The van der Waals surface area contributed by atoms with Gasteiger partial charge in [0.2, 0.25) is 0 Å². The van der Waals surface area contributed by atoms with Crippen molar-refractivity contribution in [1.82, 2.24) is 10.3 Å². The van der Waals surface area contributed by atoms with Crippen molar-refractivity contribution in [2.75, 3.05) is 6.61 Å². The van der Waals surface area contributed by atoms with Crippen LogP contribution < -0.4 is 15.0 Å². The fraction of sp³-hybridized carbons (Fsp3) is 0.316. The summed E-state index contributed by atoms with van der Waals surface area (Å²) in [6, 6.07) is 10.9. The normalized spacial score (nSPS) is 11.2. The summed E-state index contributed by atoms with van der Waals surface area (Å²) in [4.78, 5) is 13.7. The van der Waals surface area contributed by atoms with Gasteiger partial charge in [-0.15, -0.1) is 4.83 Å². The summed E-state index contributed by atoms with van der Waals surface area (Å²) in [7, 11) is -4.06. The van der Waals surface area contributed by atoms with Crippen molar-refractivity contribution in [2.24, 2.45) is 0 Å². The molecule has 2 aromatic rings. The van der Waals surface area contributed by atoms with Crippen LogP contribution in [0.15, 0.2) is 53.4 Å². The molecule has 0 saturated heterocycles. The van der Waals surface area contributed by atoms with E-state index in [1.807, 2.05) is 4.83 Å². The Morgan fingerprint density at radius 1 is 1.07 bits per heavy atom. The molecule has 0 radical (unpaired) electrons. The Kier molecular flexibility index (Phi) is 7.75. The third kappa shape index (κ3) is 6.65. The minimum Gasteiger partial charge on any atom is -0.494 e. The van der Waals surface area contributed by atoms with Crippen molar-refractivity contribution in [3.8, 4) is 5.75 Å². The topological polar surface area (TPSA) is 84.5 Å². The molecule has 0 atom stereocenters. The molecule has 6 nitrogen and oxygen atoms in total. The summed E-state index contributed by atoms with van der Waals surface area (Å²) in [5, 5.41) is 0. The Hall–Kier alpha value is -2.45. The van der Waals surface area contributed by atoms with Crippen LogP contribution in [-0.4, -0.2) is 20.9 Å². The van der Waals surface area contributed by atoms with Crippen LogP contribution in [0.1, 0.15) is 43.0 Å². The quantitative estimate of drug-likeness (QED) is 0.478. The molecule has 1 amide bonds. The van der Waals surface area contributed by atoms with Crippen molar-refractivity contribution in [2.45, 2.75) is 37.5 Å². The van der Waals surface area contributed by atoms with Crippen LogP contribution in [0, 0.1) is 5.82 Å². The Morgan fingerprint density at radius 3 is 2.48 bits per heavy atom. The summed E-state index contributed by atoms with van der Waals surface area (Å²) in [6.45, 7) is 2.75. The van der Waals surface area contributed by atoms with Gasteiger partial charge in [0, 0.05) is 5.56 Å². The van der Waals surface area contributed by atoms with Crippen molar-refractivity contribution in [3.63, 3.8) is 0 Å². The fourth-order valence-electron chi connectivity index (χ4n) is 2.30. The van der Waals surface area contributed by atoms with Gasteiger partial charge in [-0.2, -0.15) is 0 Å². The average molecular weight is 394 g/mol. The lowest BCUT2D eigenvalue weighted by Gasteiger charge is -2.09. The number of carbonyl (C=O) groups is 1. The van der Waals surface area contributed by atoms with Gasteiger partial charge in [-0.05, 0) is 48.9 Å². The lowest BCUT2D eigenvalue weighted by Crippen LogP contribution is -2.41. The van der Waals surface area contributed by atoms with Crippen LogP contribution in [0.4, 0.5) is 4.39 Å².